The van der Waals surface area contributed by atoms with E-state index < -0.39 is 12.6 Å². The van der Waals surface area contributed by atoms with Crippen LogP contribution in [-0.4, -0.2) is 45.2 Å². The summed E-state index contributed by atoms with van der Waals surface area (Å²) in [5.74, 6) is 0.926. The fourth-order valence-corrected chi connectivity index (χ4v) is 4.47. The van der Waals surface area contributed by atoms with Crippen molar-refractivity contribution in [1.82, 2.24) is 19.9 Å². The van der Waals surface area contributed by atoms with E-state index in [-0.39, 0.29) is 12.5 Å². The number of fused-ring (bicyclic) bond motifs is 1. The Morgan fingerprint density at radius 2 is 2.00 bits per heavy atom. The molecule has 6 nitrogen and oxygen atoms in total. The summed E-state index contributed by atoms with van der Waals surface area (Å²) in [6.45, 7) is 10.3. The van der Waals surface area contributed by atoms with E-state index in [0.29, 0.717) is 28.6 Å². The lowest BCUT2D eigenvalue weighted by atomic mass is 10.0. The average molecular weight is 483 g/mol. The maximum absolute atomic E-state index is 12.7. The first-order valence-electron chi connectivity index (χ1n) is 11.7. The van der Waals surface area contributed by atoms with E-state index in [1.165, 1.54) is 11.1 Å². The molecule has 1 aromatic carbocycles. The van der Waals surface area contributed by atoms with Crippen molar-refractivity contribution in [2.75, 3.05) is 18.4 Å². The zero-order valence-electron chi connectivity index (χ0n) is 20.0. The number of aromatic amines is 1. The molecule has 9 heteroatoms. The first kappa shape index (κ1) is 24.7. The second-order valence-electron chi connectivity index (χ2n) is 9.26. The van der Waals surface area contributed by atoms with E-state index in [1.807, 2.05) is 12.1 Å². The number of alkyl halides is 3. The number of allylic oxidation sites excluding steroid dienone is 1. The molecule has 1 aliphatic heterocycles. The molecule has 2 N–H and O–H groups in total. The summed E-state index contributed by atoms with van der Waals surface area (Å²) in [4.78, 5) is 14.2. The highest BCUT2D eigenvalue weighted by Gasteiger charge is 2.27. The fraction of sp³-hybridized carbons (Fsp3) is 0.423. The number of benzene rings is 1. The fourth-order valence-electron chi connectivity index (χ4n) is 4.47. The topological polar surface area (TPSA) is 80.6 Å². The number of hydrogen-bond donors (Lipinski definition) is 2. The van der Waals surface area contributed by atoms with Gasteiger partial charge in [-0.05, 0) is 61.9 Å². The number of nitriles is 1. The predicted molar refractivity (Wildman–Crippen MR) is 131 cm³/mol. The lowest BCUT2D eigenvalue weighted by Crippen LogP contribution is -2.39. The highest BCUT2D eigenvalue weighted by molar-refractivity contribution is 5.85. The van der Waals surface area contributed by atoms with Crippen molar-refractivity contribution in [1.29, 1.82) is 5.26 Å². The Hall–Kier alpha value is -3.38. The van der Waals surface area contributed by atoms with Gasteiger partial charge in [-0.1, -0.05) is 12.6 Å². The molecule has 0 amide bonds. The molecule has 4 rings (SSSR count). The van der Waals surface area contributed by atoms with E-state index in [9.17, 15) is 13.2 Å². The second-order valence-corrected chi connectivity index (χ2v) is 9.26. The predicted octanol–water partition coefficient (Wildman–Crippen LogP) is 5.74. The molecule has 3 heterocycles. The monoisotopic (exact) mass is 482 g/mol. The summed E-state index contributed by atoms with van der Waals surface area (Å²) >= 11 is 0. The zero-order valence-corrected chi connectivity index (χ0v) is 20.0. The molecule has 0 spiro atoms. The summed E-state index contributed by atoms with van der Waals surface area (Å²) in [6, 6.07) is 10.00. The minimum atomic E-state index is -4.23. The Kier molecular flexibility index (Phi) is 7.13. The molecule has 2 aromatic heterocycles. The number of anilines is 1. The Morgan fingerprint density at radius 1 is 1.26 bits per heavy atom. The molecule has 1 aliphatic rings. The van der Waals surface area contributed by atoms with Gasteiger partial charge in [-0.3, -0.25) is 4.90 Å². The number of piperidine rings is 1. The number of hydrogen-bond acceptors (Lipinski definition) is 5. The molecule has 1 fully saturated rings. The van der Waals surface area contributed by atoms with Crippen LogP contribution in [0.15, 0.2) is 30.8 Å². The molecule has 35 heavy (non-hydrogen) atoms. The largest absolute Gasteiger partial charge is 0.389 e. The van der Waals surface area contributed by atoms with E-state index in [4.69, 9.17) is 5.26 Å². The summed E-state index contributed by atoms with van der Waals surface area (Å²) in [6.07, 6.45) is -3.53. The maximum Gasteiger partial charge on any atom is 0.389 e. The van der Waals surface area contributed by atoms with Gasteiger partial charge in [-0.15, -0.1) is 0 Å². The third-order valence-corrected chi connectivity index (χ3v) is 6.46. The smallest absolute Gasteiger partial charge is 0.367 e. The van der Waals surface area contributed by atoms with E-state index >= 15 is 0 Å². The van der Waals surface area contributed by atoms with Crippen molar-refractivity contribution in [3.8, 4) is 6.07 Å². The van der Waals surface area contributed by atoms with Gasteiger partial charge in [-0.2, -0.15) is 18.4 Å². The molecule has 184 valence electrons. The van der Waals surface area contributed by atoms with Gasteiger partial charge >= 0.3 is 6.18 Å². The molecule has 0 bridgehead atoms. The Balaban J connectivity index is 1.38. The first-order valence-corrected chi connectivity index (χ1v) is 11.7. The number of nitrogens with one attached hydrogen (secondary N) is 2. The highest BCUT2D eigenvalue weighted by atomic mass is 19.4. The van der Waals surface area contributed by atoms with Crippen LogP contribution in [0.25, 0.3) is 16.5 Å². The average Bonchev–Trinajstić information content (AvgIpc) is 3.25. The van der Waals surface area contributed by atoms with Crippen molar-refractivity contribution < 1.29 is 13.2 Å². The van der Waals surface area contributed by atoms with Gasteiger partial charge in [0.25, 0.3) is 0 Å². The van der Waals surface area contributed by atoms with Gasteiger partial charge in [0.15, 0.2) is 5.82 Å². The van der Waals surface area contributed by atoms with Crippen LogP contribution in [0.4, 0.5) is 19.0 Å². The van der Waals surface area contributed by atoms with E-state index in [0.717, 1.165) is 43.4 Å². The van der Waals surface area contributed by atoms with Crippen LogP contribution in [0.2, 0.25) is 0 Å². The van der Waals surface area contributed by atoms with Crippen molar-refractivity contribution in [2.45, 2.75) is 58.3 Å². The lowest BCUT2D eigenvalue weighted by molar-refractivity contribution is -0.134. The van der Waals surface area contributed by atoms with E-state index in [2.05, 4.69) is 50.8 Å². The van der Waals surface area contributed by atoms with Crippen LogP contribution in [0.5, 0.6) is 0 Å². The third kappa shape index (κ3) is 6.20. The summed E-state index contributed by atoms with van der Waals surface area (Å²) in [5, 5.41) is 13.6. The molecule has 0 unspecified atom stereocenters. The number of H-pyrrole nitrogens is 1. The normalized spacial score (nSPS) is 15.3. The molecular formula is C26H29F3N6. The standard InChI is InChI=1S/C26H29F3N6/c1-16(2)25-33-20(6-9-26(27,28)29)13-24(34-25)32-19-7-10-35(11-8-19)15-18-4-5-23-22(17(18)3)12-21(14-30)31-23/h4-5,12-13,19,31H,1,6-11,15H2,2-3H3,(H,32,33,34). The summed E-state index contributed by atoms with van der Waals surface area (Å²) < 4.78 is 38.1. The minimum Gasteiger partial charge on any atom is -0.367 e. The quantitative estimate of drug-likeness (QED) is 0.449. The molecule has 1 saturated heterocycles. The van der Waals surface area contributed by atoms with Gasteiger partial charge in [0.05, 0.1) is 0 Å². The Labute approximate surface area is 202 Å². The van der Waals surface area contributed by atoms with Gasteiger partial charge in [-0.25, -0.2) is 9.97 Å². The molecular weight excluding hydrogens is 453 g/mol. The lowest BCUT2D eigenvalue weighted by Gasteiger charge is -2.33. The SMILES string of the molecule is C=C(C)c1nc(CCC(F)(F)F)cc(NC2CCN(Cc3ccc4[nH]c(C#N)cc4c3C)CC2)n1. The minimum absolute atomic E-state index is 0.180. The van der Waals surface area contributed by atoms with Crippen LogP contribution < -0.4 is 5.32 Å². The van der Waals surface area contributed by atoms with Gasteiger partial charge in [0.2, 0.25) is 0 Å². The van der Waals surface area contributed by atoms with Gasteiger partial charge < -0.3 is 10.3 Å². The van der Waals surface area contributed by atoms with Crippen LogP contribution >= 0.6 is 0 Å². The molecule has 3 aromatic rings. The third-order valence-electron chi connectivity index (χ3n) is 6.46. The number of aromatic nitrogens is 3. The van der Waals surface area contributed by atoms with E-state index in [1.54, 1.807) is 13.0 Å². The van der Waals surface area contributed by atoms with Crippen molar-refractivity contribution >= 4 is 22.3 Å². The van der Waals surface area contributed by atoms with Crippen LogP contribution in [0.1, 0.15) is 54.5 Å². The molecule has 0 aliphatic carbocycles. The Bertz CT molecular complexity index is 1260. The summed E-state index contributed by atoms with van der Waals surface area (Å²) in [7, 11) is 0. The van der Waals surface area contributed by atoms with Gasteiger partial charge in [0.1, 0.15) is 17.6 Å². The summed E-state index contributed by atoms with van der Waals surface area (Å²) in [5.41, 5.74) is 4.94. The van der Waals surface area contributed by atoms with Crippen molar-refractivity contribution in [3.05, 3.63) is 59.2 Å². The van der Waals surface area contributed by atoms with Crippen LogP contribution in [0.3, 0.4) is 0 Å². The number of nitrogens with zero attached hydrogens (tertiary/aromatic N) is 4. The zero-order chi connectivity index (χ0) is 25.2. The number of rotatable bonds is 7. The number of aryl methyl sites for hydroxylation is 2. The van der Waals surface area contributed by atoms with Crippen LogP contribution in [0, 0.1) is 18.3 Å². The number of halogens is 3. The van der Waals surface area contributed by atoms with Crippen LogP contribution in [-0.2, 0) is 13.0 Å². The first-order chi connectivity index (χ1) is 16.6. The molecule has 0 atom stereocenters. The Morgan fingerprint density at radius 3 is 2.66 bits per heavy atom. The molecule has 0 radical (unpaired) electrons. The second kappa shape index (κ2) is 10.1. The maximum atomic E-state index is 12.7. The molecule has 0 saturated carbocycles. The highest BCUT2D eigenvalue weighted by Crippen LogP contribution is 2.26. The van der Waals surface area contributed by atoms with Gasteiger partial charge in [0, 0.05) is 54.8 Å². The number of likely N-dealkylation sites (tertiary alicyclic amines) is 1. The van der Waals surface area contributed by atoms with Crippen molar-refractivity contribution in [3.63, 3.8) is 0 Å². The van der Waals surface area contributed by atoms with Crippen molar-refractivity contribution in [2.24, 2.45) is 0 Å².